The number of hydrogen-bond acceptors (Lipinski definition) is 6. The lowest BCUT2D eigenvalue weighted by Gasteiger charge is -2.33. The number of rotatable bonds is 8. The van der Waals surface area contributed by atoms with E-state index in [1.165, 1.54) is 29.9 Å². The molecule has 5 rings (SSSR count). The Hall–Kier alpha value is -4.53. The average molecular weight is 525 g/mol. The third-order valence-electron chi connectivity index (χ3n) is 6.90. The predicted octanol–water partition coefficient (Wildman–Crippen LogP) is 5.15. The van der Waals surface area contributed by atoms with Crippen molar-refractivity contribution < 1.29 is 14.3 Å². The van der Waals surface area contributed by atoms with Gasteiger partial charge in [0.1, 0.15) is 23.2 Å². The molecule has 1 N–H and O–H groups in total. The topological polar surface area (TPSA) is 102 Å². The van der Waals surface area contributed by atoms with Crippen LogP contribution in [0.1, 0.15) is 59.9 Å². The van der Waals surface area contributed by atoms with Gasteiger partial charge >= 0.3 is 0 Å². The van der Waals surface area contributed by atoms with Gasteiger partial charge in [-0.2, -0.15) is 5.10 Å². The van der Waals surface area contributed by atoms with E-state index in [-0.39, 0.29) is 17.6 Å². The second-order valence-electron chi connectivity index (χ2n) is 9.76. The number of anilines is 1. The second kappa shape index (κ2) is 11.9. The summed E-state index contributed by atoms with van der Waals surface area (Å²) in [6.45, 7) is 1.85. The maximum absolute atomic E-state index is 14.0. The number of benzene rings is 2. The molecule has 2 amide bonds. The van der Waals surface area contributed by atoms with E-state index in [0.717, 1.165) is 25.7 Å². The van der Waals surface area contributed by atoms with Gasteiger partial charge < -0.3 is 10.1 Å². The van der Waals surface area contributed by atoms with Gasteiger partial charge in [-0.1, -0.05) is 37.5 Å². The summed E-state index contributed by atoms with van der Waals surface area (Å²) in [5, 5.41) is 7.70. The molecule has 1 aliphatic carbocycles. The normalized spacial score (nSPS) is 14.4. The molecule has 0 unspecified atom stereocenters. The number of ether oxygens (including phenoxy) is 1. The first kappa shape index (κ1) is 26.1. The molecule has 1 aliphatic rings. The van der Waals surface area contributed by atoms with Gasteiger partial charge in [-0.3, -0.25) is 24.2 Å². The zero-order valence-electron chi connectivity index (χ0n) is 22.2. The van der Waals surface area contributed by atoms with Crippen LogP contribution in [0.15, 0.2) is 79.4 Å². The van der Waals surface area contributed by atoms with Gasteiger partial charge in [0, 0.05) is 42.9 Å². The largest absolute Gasteiger partial charge is 0.457 e. The molecule has 0 aliphatic heterocycles. The van der Waals surface area contributed by atoms with E-state index < -0.39 is 11.9 Å². The number of amides is 2. The van der Waals surface area contributed by atoms with E-state index in [2.05, 4.69) is 20.4 Å². The molecule has 2 heterocycles. The number of hydrogen-bond donors (Lipinski definition) is 1. The fourth-order valence-corrected chi connectivity index (χ4v) is 5.03. The van der Waals surface area contributed by atoms with Crippen LogP contribution < -0.4 is 15.0 Å². The first-order chi connectivity index (χ1) is 19.0. The van der Waals surface area contributed by atoms with Crippen molar-refractivity contribution in [1.29, 1.82) is 0 Å². The van der Waals surface area contributed by atoms with Crippen molar-refractivity contribution in [3.8, 4) is 11.5 Å². The first-order valence-corrected chi connectivity index (χ1v) is 13.2. The van der Waals surface area contributed by atoms with E-state index >= 15 is 0 Å². The van der Waals surface area contributed by atoms with Crippen molar-refractivity contribution in [2.24, 2.45) is 7.05 Å². The molecule has 39 heavy (non-hydrogen) atoms. The number of aromatic nitrogens is 4. The Balaban J connectivity index is 1.55. The first-order valence-electron chi connectivity index (χ1n) is 13.2. The fourth-order valence-electron chi connectivity index (χ4n) is 5.03. The molecule has 0 bridgehead atoms. The van der Waals surface area contributed by atoms with E-state index in [1.54, 1.807) is 42.2 Å². The molecular formula is C30H32N6O3. The summed E-state index contributed by atoms with van der Waals surface area (Å²) >= 11 is 0. The Morgan fingerprint density at radius 2 is 1.72 bits per heavy atom. The molecule has 2 aromatic carbocycles. The molecule has 0 saturated heterocycles. The average Bonchev–Trinajstić information content (AvgIpc) is 3.30. The van der Waals surface area contributed by atoms with Crippen LogP contribution in [-0.4, -0.2) is 37.6 Å². The Kier molecular flexibility index (Phi) is 7.96. The van der Waals surface area contributed by atoms with Crippen molar-refractivity contribution in [3.63, 3.8) is 0 Å². The lowest BCUT2D eigenvalue weighted by atomic mass is 9.94. The Labute approximate surface area is 227 Å². The number of carbonyl (C=O) groups is 2. The van der Waals surface area contributed by atoms with Crippen molar-refractivity contribution in [1.82, 2.24) is 25.1 Å². The van der Waals surface area contributed by atoms with Crippen LogP contribution in [0.5, 0.6) is 11.5 Å². The van der Waals surface area contributed by atoms with E-state index in [9.17, 15) is 9.59 Å². The third-order valence-corrected chi connectivity index (χ3v) is 6.90. The smallest absolute Gasteiger partial charge is 0.279 e. The summed E-state index contributed by atoms with van der Waals surface area (Å²) in [7, 11) is 1.80. The Morgan fingerprint density at radius 1 is 1.00 bits per heavy atom. The molecule has 4 aromatic rings. The van der Waals surface area contributed by atoms with Crippen molar-refractivity contribution in [3.05, 3.63) is 96.3 Å². The highest BCUT2D eigenvalue weighted by molar-refractivity contribution is 6.09. The van der Waals surface area contributed by atoms with Crippen LogP contribution in [0.4, 0.5) is 5.69 Å². The van der Waals surface area contributed by atoms with Crippen molar-refractivity contribution in [2.75, 3.05) is 4.90 Å². The fraction of sp³-hybridized carbons (Fsp3) is 0.300. The minimum Gasteiger partial charge on any atom is -0.457 e. The number of para-hydroxylation sites is 1. The molecule has 9 nitrogen and oxygen atoms in total. The minimum atomic E-state index is -0.962. The SMILES string of the molecule is Cc1nn(C)cc1[C@@H](C(=O)NC1CCCCC1)N(C(=O)c1cnccn1)c1ccc(Oc2ccccc2)cc1. The third kappa shape index (κ3) is 6.14. The van der Waals surface area contributed by atoms with Gasteiger partial charge in [-0.15, -0.1) is 0 Å². The zero-order chi connectivity index (χ0) is 27.2. The standard InChI is InChI=1S/C30H32N6O3/c1-21-26(20-35(2)34-21)28(29(37)33-22-9-5-3-6-10-22)36(30(38)27-19-31-17-18-32-27)23-13-15-25(16-14-23)39-24-11-7-4-8-12-24/h4,7-8,11-20,22,28H,3,5-6,9-10H2,1-2H3,(H,33,37)/t28-/m0/s1. The van der Waals surface area contributed by atoms with Crippen LogP contribution in [0.2, 0.25) is 0 Å². The summed E-state index contributed by atoms with van der Waals surface area (Å²) in [6.07, 6.45) is 11.4. The van der Waals surface area contributed by atoms with E-state index in [4.69, 9.17) is 4.74 Å². The molecule has 1 saturated carbocycles. The van der Waals surface area contributed by atoms with Gasteiger partial charge in [0.05, 0.1) is 11.9 Å². The highest BCUT2D eigenvalue weighted by atomic mass is 16.5. The molecule has 200 valence electrons. The van der Waals surface area contributed by atoms with Gasteiger partial charge in [-0.25, -0.2) is 4.98 Å². The lowest BCUT2D eigenvalue weighted by Crippen LogP contribution is -2.47. The zero-order valence-corrected chi connectivity index (χ0v) is 22.2. The van der Waals surface area contributed by atoms with Crippen LogP contribution in [0.3, 0.4) is 0 Å². The highest BCUT2D eigenvalue weighted by Gasteiger charge is 2.37. The van der Waals surface area contributed by atoms with Crippen molar-refractivity contribution in [2.45, 2.75) is 51.1 Å². The van der Waals surface area contributed by atoms with Crippen LogP contribution in [0, 0.1) is 6.92 Å². The van der Waals surface area contributed by atoms with Crippen LogP contribution >= 0.6 is 0 Å². The molecule has 0 spiro atoms. The van der Waals surface area contributed by atoms with Crippen LogP contribution in [0.25, 0.3) is 0 Å². The number of nitrogens with one attached hydrogen (secondary N) is 1. The Bertz CT molecular complexity index is 1400. The predicted molar refractivity (Wildman–Crippen MR) is 148 cm³/mol. The van der Waals surface area contributed by atoms with Gasteiger partial charge in [0.15, 0.2) is 0 Å². The maximum atomic E-state index is 14.0. The molecule has 0 radical (unpaired) electrons. The number of aryl methyl sites for hydroxylation is 2. The van der Waals surface area contributed by atoms with Gasteiger partial charge in [-0.05, 0) is 56.2 Å². The Morgan fingerprint density at radius 3 is 2.36 bits per heavy atom. The van der Waals surface area contributed by atoms with E-state index in [1.807, 2.05) is 37.3 Å². The van der Waals surface area contributed by atoms with Crippen molar-refractivity contribution >= 4 is 17.5 Å². The quantitative estimate of drug-likeness (QED) is 0.342. The molecule has 2 aromatic heterocycles. The maximum Gasteiger partial charge on any atom is 0.279 e. The second-order valence-corrected chi connectivity index (χ2v) is 9.76. The number of carbonyl (C=O) groups excluding carboxylic acids is 2. The summed E-state index contributed by atoms with van der Waals surface area (Å²) in [6, 6.07) is 15.7. The molecular weight excluding hydrogens is 492 g/mol. The van der Waals surface area contributed by atoms with Gasteiger partial charge in [0.25, 0.3) is 5.91 Å². The summed E-state index contributed by atoms with van der Waals surface area (Å²) in [4.78, 5) is 37.9. The monoisotopic (exact) mass is 524 g/mol. The van der Waals surface area contributed by atoms with E-state index in [0.29, 0.717) is 28.4 Å². The minimum absolute atomic E-state index is 0.0702. The molecule has 1 atom stereocenters. The summed E-state index contributed by atoms with van der Waals surface area (Å²) in [5.41, 5.74) is 1.98. The molecule has 1 fully saturated rings. The molecule has 9 heteroatoms. The summed E-state index contributed by atoms with van der Waals surface area (Å²) < 4.78 is 7.62. The van der Waals surface area contributed by atoms with Gasteiger partial charge in [0.2, 0.25) is 5.91 Å². The highest BCUT2D eigenvalue weighted by Crippen LogP contribution is 2.33. The number of nitrogens with zero attached hydrogens (tertiary/aromatic N) is 5. The van der Waals surface area contributed by atoms with Crippen LogP contribution in [-0.2, 0) is 11.8 Å². The lowest BCUT2D eigenvalue weighted by molar-refractivity contribution is -0.123. The summed E-state index contributed by atoms with van der Waals surface area (Å²) in [5.74, 6) is 0.623.